The van der Waals surface area contributed by atoms with Crippen molar-refractivity contribution >= 4 is 5.78 Å². The summed E-state index contributed by atoms with van der Waals surface area (Å²) in [5.74, 6) is 3.58. The van der Waals surface area contributed by atoms with E-state index in [1.165, 1.54) is 12.8 Å². The maximum Gasteiger partial charge on any atom is 0.164 e. The summed E-state index contributed by atoms with van der Waals surface area (Å²) < 4.78 is 6.33. The molecule has 5 rings (SSSR count). The van der Waals surface area contributed by atoms with Crippen LogP contribution < -0.4 is 0 Å². The number of carbonyl (C=O) groups is 1. The first-order valence-electron chi connectivity index (χ1n) is 12.8. The van der Waals surface area contributed by atoms with Gasteiger partial charge in [-0.05, 0) is 86.0 Å². The molecular weight excluding hydrogens is 384 g/mol. The molecule has 31 heavy (non-hydrogen) atoms. The van der Waals surface area contributed by atoms with Gasteiger partial charge in [0.05, 0.1) is 17.6 Å². The van der Waals surface area contributed by atoms with Crippen molar-refractivity contribution in [1.29, 1.82) is 0 Å². The number of rotatable bonds is 4. The molecule has 11 unspecified atom stereocenters. The number of fused-ring (bicyclic) bond motifs is 4. The molecule has 1 saturated heterocycles. The molecule has 1 aliphatic heterocycles. The van der Waals surface area contributed by atoms with Gasteiger partial charge in [0.2, 0.25) is 0 Å². The molecule has 0 radical (unpaired) electrons. The number of aliphatic hydroxyl groups excluding tert-OH is 1. The summed E-state index contributed by atoms with van der Waals surface area (Å²) in [7, 11) is 0. The Bertz CT molecular complexity index is 813. The molecule has 3 nitrogen and oxygen atoms in total. The van der Waals surface area contributed by atoms with Crippen LogP contribution in [-0.4, -0.2) is 28.7 Å². The highest BCUT2D eigenvalue weighted by atomic mass is 16.6. The van der Waals surface area contributed by atoms with Gasteiger partial charge in [0, 0.05) is 5.92 Å². The minimum absolute atomic E-state index is 0.0346. The first-order valence-corrected chi connectivity index (χ1v) is 12.8. The molecule has 4 fully saturated rings. The Morgan fingerprint density at radius 1 is 1.16 bits per heavy atom. The minimum Gasteiger partial charge on any atom is -0.393 e. The van der Waals surface area contributed by atoms with Crippen molar-refractivity contribution in [2.45, 2.75) is 91.5 Å². The van der Waals surface area contributed by atoms with E-state index in [1.807, 2.05) is 6.08 Å². The normalized spacial score (nSPS) is 52.5. The van der Waals surface area contributed by atoms with E-state index >= 15 is 0 Å². The first-order chi connectivity index (χ1) is 14.6. The maximum atomic E-state index is 13.2. The predicted molar refractivity (Wildman–Crippen MR) is 123 cm³/mol. The van der Waals surface area contributed by atoms with Crippen molar-refractivity contribution in [3.05, 3.63) is 24.3 Å². The molecule has 3 heteroatoms. The van der Waals surface area contributed by atoms with Gasteiger partial charge in [-0.25, -0.2) is 0 Å². The van der Waals surface area contributed by atoms with Crippen LogP contribution in [0.3, 0.4) is 0 Å². The predicted octanol–water partition coefficient (Wildman–Crippen LogP) is 5.58. The van der Waals surface area contributed by atoms with Gasteiger partial charge in [-0.1, -0.05) is 52.8 Å². The number of hydrogen-bond acceptors (Lipinski definition) is 3. The lowest BCUT2D eigenvalue weighted by atomic mass is 9.44. The maximum absolute atomic E-state index is 13.2. The highest BCUT2D eigenvalue weighted by molar-refractivity contribution is 5.97. The van der Waals surface area contributed by atoms with Crippen LogP contribution in [-0.2, 0) is 9.53 Å². The smallest absolute Gasteiger partial charge is 0.164 e. The Balaban J connectivity index is 1.44. The Kier molecular flexibility index (Phi) is 4.97. The van der Waals surface area contributed by atoms with Gasteiger partial charge in [-0.3, -0.25) is 4.79 Å². The summed E-state index contributed by atoms with van der Waals surface area (Å²) in [6.07, 6.45) is 13.6. The molecule has 172 valence electrons. The summed E-state index contributed by atoms with van der Waals surface area (Å²) in [5.41, 5.74) is -0.758. The number of ketones is 1. The molecule has 3 saturated carbocycles. The van der Waals surface area contributed by atoms with Crippen LogP contribution in [0.2, 0.25) is 0 Å². The molecule has 11 atom stereocenters. The molecule has 0 bridgehead atoms. The van der Waals surface area contributed by atoms with E-state index in [4.69, 9.17) is 4.74 Å². The van der Waals surface area contributed by atoms with Gasteiger partial charge in [0.15, 0.2) is 5.78 Å². The van der Waals surface area contributed by atoms with Crippen molar-refractivity contribution in [3.63, 3.8) is 0 Å². The van der Waals surface area contributed by atoms with Crippen LogP contribution in [0, 0.1) is 52.3 Å². The minimum atomic E-state index is -0.563. The molecule has 0 amide bonds. The first kappa shape index (κ1) is 21.9. The summed E-state index contributed by atoms with van der Waals surface area (Å²) in [5, 5.41) is 11.6. The van der Waals surface area contributed by atoms with Crippen molar-refractivity contribution < 1.29 is 14.6 Å². The Morgan fingerprint density at radius 3 is 2.61 bits per heavy atom. The second-order valence-corrected chi connectivity index (χ2v) is 12.5. The SMILES string of the molecule is CC(C)C(C)C=CC(C)C1CCC2C3CC4OC45CC=CC(=O)C5(C)C3C(O)CC12C. The lowest BCUT2D eigenvalue weighted by molar-refractivity contribution is -0.166. The quantitative estimate of drug-likeness (QED) is 0.472. The second-order valence-electron chi connectivity index (χ2n) is 12.5. The fourth-order valence-electron chi connectivity index (χ4n) is 8.83. The Labute approximate surface area is 188 Å². The largest absolute Gasteiger partial charge is 0.393 e. The van der Waals surface area contributed by atoms with E-state index in [0.717, 1.165) is 19.3 Å². The van der Waals surface area contributed by atoms with Gasteiger partial charge in [0.25, 0.3) is 0 Å². The van der Waals surface area contributed by atoms with Crippen molar-refractivity contribution in [1.82, 2.24) is 0 Å². The lowest BCUT2D eigenvalue weighted by Gasteiger charge is -2.59. The lowest BCUT2D eigenvalue weighted by Crippen LogP contribution is -2.64. The van der Waals surface area contributed by atoms with E-state index in [1.54, 1.807) is 6.08 Å². The molecule has 1 heterocycles. The highest BCUT2D eigenvalue weighted by Gasteiger charge is 2.78. The molecule has 4 aliphatic carbocycles. The molecule has 1 N–H and O–H groups in total. The van der Waals surface area contributed by atoms with E-state index in [9.17, 15) is 9.90 Å². The third kappa shape index (κ3) is 2.81. The van der Waals surface area contributed by atoms with Crippen LogP contribution in [0.25, 0.3) is 0 Å². The number of carbonyl (C=O) groups excluding carboxylic acids is 1. The molecule has 5 aliphatic rings. The third-order valence-electron chi connectivity index (χ3n) is 11.0. The van der Waals surface area contributed by atoms with Crippen LogP contribution in [0.5, 0.6) is 0 Å². The number of aliphatic hydroxyl groups is 1. The van der Waals surface area contributed by atoms with Crippen molar-refractivity contribution in [2.75, 3.05) is 0 Å². The standard InChI is InChI=1S/C28H42O3/c1-16(2)17(3)9-10-18(4)20-11-12-21-19-14-24-28(31-24)13-7-8-23(30)27(28,6)25(19)22(29)15-26(20,21)5/h7-10,16-22,24-25,29H,11-15H2,1-6H3. The van der Waals surface area contributed by atoms with Gasteiger partial charge < -0.3 is 9.84 Å². The zero-order chi connectivity index (χ0) is 22.3. The van der Waals surface area contributed by atoms with E-state index < -0.39 is 11.5 Å². The summed E-state index contributed by atoms with van der Waals surface area (Å²) in [6.45, 7) is 13.8. The van der Waals surface area contributed by atoms with Crippen molar-refractivity contribution in [2.24, 2.45) is 52.3 Å². The molecule has 0 aromatic heterocycles. The van der Waals surface area contributed by atoms with Gasteiger partial charge in [0.1, 0.15) is 5.60 Å². The molecule has 0 aromatic rings. The van der Waals surface area contributed by atoms with Gasteiger partial charge in [-0.15, -0.1) is 0 Å². The monoisotopic (exact) mass is 426 g/mol. The number of allylic oxidation sites excluding steroid dienone is 3. The summed E-state index contributed by atoms with van der Waals surface area (Å²) >= 11 is 0. The van der Waals surface area contributed by atoms with Crippen LogP contribution in [0.4, 0.5) is 0 Å². The van der Waals surface area contributed by atoms with Crippen LogP contribution in [0.15, 0.2) is 24.3 Å². The van der Waals surface area contributed by atoms with Crippen molar-refractivity contribution in [3.8, 4) is 0 Å². The van der Waals surface area contributed by atoms with E-state index in [-0.39, 0.29) is 28.8 Å². The number of epoxide rings is 1. The summed E-state index contributed by atoms with van der Waals surface area (Å²) in [4.78, 5) is 13.2. The van der Waals surface area contributed by atoms with Crippen LogP contribution >= 0.6 is 0 Å². The fraction of sp³-hybridized carbons (Fsp3) is 0.821. The number of hydrogen-bond donors (Lipinski definition) is 1. The number of ether oxygens (including phenoxy) is 1. The van der Waals surface area contributed by atoms with Gasteiger partial charge >= 0.3 is 0 Å². The van der Waals surface area contributed by atoms with Gasteiger partial charge in [-0.2, -0.15) is 0 Å². The van der Waals surface area contributed by atoms with E-state index in [0.29, 0.717) is 35.5 Å². The second kappa shape index (κ2) is 7.03. The molecule has 0 aromatic carbocycles. The molecular formula is C28H42O3. The fourth-order valence-corrected chi connectivity index (χ4v) is 8.83. The molecule has 1 spiro atoms. The zero-order valence-corrected chi connectivity index (χ0v) is 20.3. The highest BCUT2D eigenvalue weighted by Crippen LogP contribution is 2.73. The average molecular weight is 427 g/mol. The van der Waals surface area contributed by atoms with Crippen LogP contribution in [0.1, 0.15) is 73.6 Å². The summed E-state index contributed by atoms with van der Waals surface area (Å²) in [6, 6.07) is 0. The Morgan fingerprint density at radius 2 is 1.90 bits per heavy atom. The third-order valence-corrected chi connectivity index (χ3v) is 11.0. The zero-order valence-electron chi connectivity index (χ0n) is 20.3. The topological polar surface area (TPSA) is 49.8 Å². The van der Waals surface area contributed by atoms with E-state index in [2.05, 4.69) is 53.7 Å². The Hall–Kier alpha value is -0.930. The average Bonchev–Trinajstić information content (AvgIpc) is 3.30.